The van der Waals surface area contributed by atoms with Crippen molar-refractivity contribution in [2.75, 3.05) is 4.90 Å². The summed E-state index contributed by atoms with van der Waals surface area (Å²) in [6.45, 7) is 12.1. The van der Waals surface area contributed by atoms with Crippen molar-refractivity contribution in [1.82, 2.24) is 9.55 Å². The van der Waals surface area contributed by atoms with E-state index in [1.165, 1.54) is 28.1 Å². The average Bonchev–Trinajstić information content (AvgIpc) is 3.39. The smallest absolute Gasteiger partial charge is 0.188 e. The maximum Gasteiger partial charge on any atom is 0.188 e. The monoisotopic (exact) mass is 552 g/mol. The van der Waals surface area contributed by atoms with Gasteiger partial charge in [-0.15, -0.1) is 0 Å². The third-order valence-electron chi connectivity index (χ3n) is 8.90. The molecule has 0 radical (unpaired) electrons. The Balaban J connectivity index is 1.17. The molecule has 0 atom stereocenters. The first-order valence-electron chi connectivity index (χ1n) is 14.5. The summed E-state index contributed by atoms with van der Waals surface area (Å²) in [4.78, 5) is 10.4. The molecule has 204 valence electrons. The topological polar surface area (TPSA) is 25.4 Å². The first-order chi connectivity index (χ1) is 21.0. The fraction of sp³-hybridized carbons (Fsp3) is 0.0769. The summed E-state index contributed by atoms with van der Waals surface area (Å²) in [5.74, 6) is 0. The quantitative estimate of drug-likeness (QED) is 0.204. The van der Waals surface area contributed by atoms with Gasteiger partial charge in [-0.05, 0) is 82.2 Å². The lowest BCUT2D eigenvalue weighted by Gasteiger charge is -2.42. The number of nitrogens with zero attached hydrogens (tertiary/aromatic N) is 4. The Morgan fingerprint density at radius 3 is 1.84 bits per heavy atom. The Bertz CT molecular complexity index is 2160. The predicted octanol–water partition coefficient (Wildman–Crippen LogP) is 10.5. The highest BCUT2D eigenvalue weighted by Crippen LogP contribution is 2.51. The van der Waals surface area contributed by atoms with Gasteiger partial charge in [0.15, 0.2) is 5.69 Å². The van der Waals surface area contributed by atoms with Crippen LogP contribution in [0.15, 0.2) is 134 Å². The molecule has 4 nitrogen and oxygen atoms in total. The lowest BCUT2D eigenvalue weighted by Crippen LogP contribution is -2.30. The van der Waals surface area contributed by atoms with E-state index in [1.807, 2.05) is 36.7 Å². The number of para-hydroxylation sites is 2. The summed E-state index contributed by atoms with van der Waals surface area (Å²) in [5, 5.41) is 2.09. The largest absolute Gasteiger partial charge is 0.310 e. The Labute approximate surface area is 250 Å². The van der Waals surface area contributed by atoms with Gasteiger partial charge in [0, 0.05) is 34.6 Å². The molecule has 0 saturated carbocycles. The summed E-state index contributed by atoms with van der Waals surface area (Å²) in [5.41, 5.74) is 12.4. The van der Waals surface area contributed by atoms with E-state index >= 15 is 0 Å². The summed E-state index contributed by atoms with van der Waals surface area (Å²) < 4.78 is 2.25. The van der Waals surface area contributed by atoms with Gasteiger partial charge in [0.1, 0.15) is 0 Å². The van der Waals surface area contributed by atoms with Crippen LogP contribution in [0.3, 0.4) is 0 Å². The van der Waals surface area contributed by atoms with Gasteiger partial charge in [0.25, 0.3) is 0 Å². The van der Waals surface area contributed by atoms with Crippen molar-refractivity contribution in [2.45, 2.75) is 19.3 Å². The zero-order valence-electron chi connectivity index (χ0n) is 24.0. The van der Waals surface area contributed by atoms with Gasteiger partial charge in [-0.1, -0.05) is 80.6 Å². The number of pyridine rings is 1. The normalized spacial score (nSPS) is 13.5. The van der Waals surface area contributed by atoms with Gasteiger partial charge in [0.05, 0.1) is 29.0 Å². The maximum atomic E-state index is 7.45. The third-order valence-corrected chi connectivity index (χ3v) is 8.90. The van der Waals surface area contributed by atoms with Crippen LogP contribution < -0.4 is 4.90 Å². The Kier molecular flexibility index (Phi) is 5.51. The Morgan fingerprint density at radius 1 is 0.628 bits per heavy atom. The first-order valence-corrected chi connectivity index (χ1v) is 14.5. The number of fused-ring (bicyclic) bond motifs is 5. The maximum absolute atomic E-state index is 7.45. The Morgan fingerprint density at radius 2 is 1.21 bits per heavy atom. The highest BCUT2D eigenvalue weighted by atomic mass is 15.2. The molecule has 0 spiro atoms. The molecule has 43 heavy (non-hydrogen) atoms. The molecule has 0 saturated heterocycles. The van der Waals surface area contributed by atoms with E-state index in [0.717, 1.165) is 38.7 Å². The molecule has 0 amide bonds. The van der Waals surface area contributed by atoms with Crippen molar-refractivity contribution in [2.24, 2.45) is 0 Å². The molecule has 1 aliphatic heterocycles. The van der Waals surface area contributed by atoms with Crippen molar-refractivity contribution in [1.29, 1.82) is 0 Å². The second kappa shape index (κ2) is 9.44. The summed E-state index contributed by atoms with van der Waals surface area (Å²) in [6.07, 6.45) is 3.71. The minimum Gasteiger partial charge on any atom is -0.310 e. The minimum atomic E-state index is -0.0719. The van der Waals surface area contributed by atoms with E-state index in [1.54, 1.807) is 0 Å². The fourth-order valence-electron chi connectivity index (χ4n) is 6.76. The second-order valence-electron chi connectivity index (χ2n) is 11.6. The summed E-state index contributed by atoms with van der Waals surface area (Å²) >= 11 is 0. The van der Waals surface area contributed by atoms with E-state index < -0.39 is 0 Å². The highest BCUT2D eigenvalue weighted by molar-refractivity contribution is 6.10. The molecule has 3 heterocycles. The lowest BCUT2D eigenvalue weighted by atomic mass is 9.73. The molecular formula is C39H28N4. The van der Waals surface area contributed by atoms with Gasteiger partial charge in [0.2, 0.25) is 0 Å². The first kappa shape index (κ1) is 25.1. The van der Waals surface area contributed by atoms with E-state index in [0.29, 0.717) is 5.69 Å². The van der Waals surface area contributed by atoms with Gasteiger partial charge in [-0.25, -0.2) is 4.85 Å². The van der Waals surface area contributed by atoms with Gasteiger partial charge >= 0.3 is 0 Å². The molecule has 7 aromatic rings. The van der Waals surface area contributed by atoms with E-state index in [2.05, 4.69) is 130 Å². The Hall–Kier alpha value is -5.66. The van der Waals surface area contributed by atoms with Crippen LogP contribution in [0.4, 0.5) is 22.7 Å². The molecule has 0 bridgehead atoms. The zero-order chi connectivity index (χ0) is 29.1. The molecule has 4 heteroatoms. The number of rotatable bonds is 3. The van der Waals surface area contributed by atoms with Crippen LogP contribution in [0.2, 0.25) is 0 Å². The molecule has 1 aliphatic rings. The molecule has 0 fully saturated rings. The number of benzene rings is 5. The van der Waals surface area contributed by atoms with Crippen molar-refractivity contribution in [3.05, 3.63) is 156 Å². The number of hydrogen-bond acceptors (Lipinski definition) is 2. The molecule has 0 unspecified atom stereocenters. The molecular weight excluding hydrogens is 524 g/mol. The average molecular weight is 553 g/mol. The number of aromatic nitrogens is 2. The van der Waals surface area contributed by atoms with E-state index in [4.69, 9.17) is 6.57 Å². The van der Waals surface area contributed by atoms with Crippen LogP contribution >= 0.6 is 0 Å². The van der Waals surface area contributed by atoms with Crippen molar-refractivity contribution >= 4 is 44.6 Å². The van der Waals surface area contributed by atoms with E-state index in [-0.39, 0.29) is 5.41 Å². The second-order valence-corrected chi connectivity index (χ2v) is 11.6. The highest BCUT2D eigenvalue weighted by Gasteiger charge is 2.36. The fourth-order valence-corrected chi connectivity index (χ4v) is 6.76. The van der Waals surface area contributed by atoms with Crippen molar-refractivity contribution in [3.63, 3.8) is 0 Å². The SMILES string of the molecule is [C-]#[N+]c1ccc2c(c1)c1cnccc1n2-c1ccc(-c2ccc(N3c4ccccc4C(C)(C)c4ccccc43)cc2)cc1. The third kappa shape index (κ3) is 3.79. The van der Waals surface area contributed by atoms with Gasteiger partial charge in [-0.2, -0.15) is 0 Å². The predicted molar refractivity (Wildman–Crippen MR) is 177 cm³/mol. The van der Waals surface area contributed by atoms with Gasteiger partial charge in [-0.3, -0.25) is 4.98 Å². The molecule has 0 N–H and O–H groups in total. The van der Waals surface area contributed by atoms with Crippen LogP contribution in [0, 0.1) is 6.57 Å². The van der Waals surface area contributed by atoms with Crippen LogP contribution in [-0.4, -0.2) is 9.55 Å². The van der Waals surface area contributed by atoms with Crippen LogP contribution in [0.1, 0.15) is 25.0 Å². The number of hydrogen-bond donors (Lipinski definition) is 0. The van der Waals surface area contributed by atoms with E-state index in [9.17, 15) is 0 Å². The summed E-state index contributed by atoms with van der Waals surface area (Å²) in [7, 11) is 0. The number of anilines is 3. The zero-order valence-corrected chi connectivity index (χ0v) is 24.0. The summed E-state index contributed by atoms with van der Waals surface area (Å²) in [6, 6.07) is 43.0. The molecule has 0 aliphatic carbocycles. The molecule has 5 aromatic carbocycles. The van der Waals surface area contributed by atoms with Gasteiger partial charge < -0.3 is 9.47 Å². The molecule has 2 aromatic heterocycles. The lowest BCUT2D eigenvalue weighted by molar-refractivity contribution is 0.632. The van der Waals surface area contributed by atoms with Crippen LogP contribution in [0.25, 0.3) is 43.5 Å². The van der Waals surface area contributed by atoms with Crippen molar-refractivity contribution in [3.8, 4) is 16.8 Å². The molecule has 8 rings (SSSR count). The standard InChI is InChI=1S/C39H28N4/c1-39(2)33-8-4-6-10-37(33)43(38-11-7-5-9-34(38)39)30-19-14-27(15-20-30)26-12-17-29(18-13-26)42-35-21-16-28(40-3)24-31(35)32-25-41-23-22-36(32)42/h4-25H,1-2H3. The van der Waals surface area contributed by atoms with Crippen molar-refractivity contribution < 1.29 is 0 Å². The van der Waals surface area contributed by atoms with Crippen LogP contribution in [0.5, 0.6) is 0 Å². The minimum absolute atomic E-state index is 0.0719. The van der Waals surface area contributed by atoms with Crippen LogP contribution in [-0.2, 0) is 5.41 Å².